The zero-order valence-electron chi connectivity index (χ0n) is 11.9. The molecule has 21 heavy (non-hydrogen) atoms. The van der Waals surface area contributed by atoms with E-state index in [1.807, 2.05) is 30.3 Å². The second-order valence-corrected chi connectivity index (χ2v) is 7.99. The van der Waals surface area contributed by atoms with Crippen molar-refractivity contribution in [2.24, 2.45) is 11.3 Å². The van der Waals surface area contributed by atoms with Gasteiger partial charge in [-0.3, -0.25) is 0 Å². The Morgan fingerprint density at radius 3 is 2.38 bits per heavy atom. The quantitative estimate of drug-likeness (QED) is 0.770. The highest BCUT2D eigenvalue weighted by Crippen LogP contribution is 2.36. The number of hydrogen-bond acceptors (Lipinski definition) is 5. The van der Waals surface area contributed by atoms with Crippen molar-refractivity contribution >= 4 is 9.84 Å². The lowest BCUT2D eigenvalue weighted by atomic mass is 9.77. The summed E-state index contributed by atoms with van der Waals surface area (Å²) in [6.45, 7) is -0.0336. The zero-order chi connectivity index (χ0) is 15.3. The number of ether oxygens (including phenoxy) is 1. The molecule has 1 aromatic carbocycles. The molecular formula is C15H22O5S. The van der Waals surface area contributed by atoms with Gasteiger partial charge < -0.3 is 14.9 Å². The molecule has 0 spiro atoms. The van der Waals surface area contributed by atoms with Crippen LogP contribution in [0.5, 0.6) is 0 Å². The van der Waals surface area contributed by atoms with Gasteiger partial charge in [0, 0.05) is 5.41 Å². The van der Waals surface area contributed by atoms with Crippen molar-refractivity contribution in [3.05, 3.63) is 35.9 Å². The molecule has 1 aliphatic heterocycles. The minimum atomic E-state index is -3.05. The molecule has 6 heteroatoms. The van der Waals surface area contributed by atoms with E-state index in [0.29, 0.717) is 13.0 Å². The molecule has 5 nitrogen and oxygen atoms in total. The Bertz CT molecular complexity index is 536. The summed E-state index contributed by atoms with van der Waals surface area (Å²) in [6.07, 6.45) is 0.470. The van der Waals surface area contributed by atoms with Crippen molar-refractivity contribution in [3.63, 3.8) is 0 Å². The fourth-order valence-corrected chi connectivity index (χ4v) is 4.69. The van der Waals surface area contributed by atoms with Crippen LogP contribution in [0.2, 0.25) is 0 Å². The first-order chi connectivity index (χ1) is 10.0. The fraction of sp³-hybridized carbons (Fsp3) is 0.600. The Labute approximate surface area is 125 Å². The van der Waals surface area contributed by atoms with E-state index >= 15 is 0 Å². The van der Waals surface area contributed by atoms with E-state index in [1.165, 1.54) is 0 Å². The predicted molar refractivity (Wildman–Crippen MR) is 79.5 cm³/mol. The minimum absolute atomic E-state index is 0.0167. The highest BCUT2D eigenvalue weighted by atomic mass is 32.2. The Balaban J connectivity index is 1.98. The van der Waals surface area contributed by atoms with Gasteiger partial charge in [0.05, 0.1) is 37.9 Å². The topological polar surface area (TPSA) is 83.8 Å². The van der Waals surface area contributed by atoms with Gasteiger partial charge in [-0.15, -0.1) is 0 Å². The summed E-state index contributed by atoms with van der Waals surface area (Å²) in [5.74, 6) is -0.116. The van der Waals surface area contributed by atoms with E-state index in [-0.39, 0.29) is 37.2 Å². The normalized spacial score (nSPS) is 21.5. The maximum absolute atomic E-state index is 11.6. The van der Waals surface area contributed by atoms with E-state index in [1.54, 1.807) is 0 Å². The first-order valence-corrected chi connectivity index (χ1v) is 8.87. The van der Waals surface area contributed by atoms with Crippen molar-refractivity contribution in [1.82, 2.24) is 0 Å². The lowest BCUT2D eigenvalue weighted by Crippen LogP contribution is -2.43. The number of benzene rings is 1. The molecule has 1 aromatic rings. The number of aliphatic hydroxyl groups is 2. The molecular weight excluding hydrogens is 292 g/mol. The second-order valence-electron chi connectivity index (χ2n) is 5.76. The zero-order valence-corrected chi connectivity index (χ0v) is 12.8. The molecule has 1 saturated heterocycles. The van der Waals surface area contributed by atoms with Crippen LogP contribution in [0.3, 0.4) is 0 Å². The molecule has 0 aliphatic carbocycles. The van der Waals surface area contributed by atoms with Gasteiger partial charge in [0.25, 0.3) is 0 Å². The number of sulfone groups is 1. The molecule has 0 saturated carbocycles. The van der Waals surface area contributed by atoms with Gasteiger partial charge in [-0.25, -0.2) is 8.42 Å². The van der Waals surface area contributed by atoms with Gasteiger partial charge in [0.1, 0.15) is 0 Å². The van der Waals surface area contributed by atoms with Crippen molar-refractivity contribution < 1.29 is 23.4 Å². The van der Waals surface area contributed by atoms with E-state index in [0.717, 1.165) is 5.56 Å². The van der Waals surface area contributed by atoms with Crippen LogP contribution < -0.4 is 0 Å². The molecule has 118 valence electrons. The molecule has 1 unspecified atom stereocenters. The van der Waals surface area contributed by atoms with Crippen LogP contribution in [0.15, 0.2) is 30.3 Å². The van der Waals surface area contributed by atoms with Crippen LogP contribution in [-0.4, -0.2) is 50.0 Å². The highest BCUT2D eigenvalue weighted by Gasteiger charge is 2.44. The maximum Gasteiger partial charge on any atom is 0.150 e. The molecule has 2 rings (SSSR count). The summed E-state index contributed by atoms with van der Waals surface area (Å²) >= 11 is 0. The molecule has 1 fully saturated rings. The largest absolute Gasteiger partial charge is 0.396 e. The van der Waals surface area contributed by atoms with E-state index in [2.05, 4.69) is 0 Å². The lowest BCUT2D eigenvalue weighted by molar-refractivity contribution is -0.0626. The summed E-state index contributed by atoms with van der Waals surface area (Å²) in [6, 6.07) is 9.60. The Hall–Kier alpha value is -0.950. The Morgan fingerprint density at radius 1 is 1.19 bits per heavy atom. The summed E-state index contributed by atoms with van der Waals surface area (Å²) in [7, 11) is -3.05. The standard InChI is InChI=1S/C15H22O5S/c16-10-15(11-17,14-6-7-21(18,19)9-14)12-20-8-13-4-2-1-3-5-13/h1-5,14,16-17H,6-12H2. The molecule has 0 amide bonds. The van der Waals surface area contributed by atoms with E-state index in [9.17, 15) is 18.6 Å². The third kappa shape index (κ3) is 4.03. The lowest BCUT2D eigenvalue weighted by Gasteiger charge is -2.34. The smallest absolute Gasteiger partial charge is 0.150 e. The fourth-order valence-electron chi connectivity index (χ4n) is 2.74. The molecule has 0 aromatic heterocycles. The Morgan fingerprint density at radius 2 is 1.86 bits per heavy atom. The first-order valence-electron chi connectivity index (χ1n) is 7.05. The van der Waals surface area contributed by atoms with Crippen LogP contribution in [0, 0.1) is 11.3 Å². The second kappa shape index (κ2) is 6.87. The van der Waals surface area contributed by atoms with Gasteiger partial charge in [-0.2, -0.15) is 0 Å². The van der Waals surface area contributed by atoms with Gasteiger partial charge in [0.15, 0.2) is 9.84 Å². The third-order valence-corrected chi connectivity index (χ3v) is 6.00. The van der Waals surface area contributed by atoms with E-state index < -0.39 is 15.3 Å². The van der Waals surface area contributed by atoms with Crippen LogP contribution in [0.1, 0.15) is 12.0 Å². The monoisotopic (exact) mass is 314 g/mol. The summed E-state index contributed by atoms with van der Waals surface area (Å²) < 4.78 is 28.9. The molecule has 0 radical (unpaired) electrons. The maximum atomic E-state index is 11.6. The van der Waals surface area contributed by atoms with Crippen molar-refractivity contribution in [2.75, 3.05) is 31.3 Å². The van der Waals surface area contributed by atoms with Crippen LogP contribution >= 0.6 is 0 Å². The molecule has 1 aliphatic rings. The molecule has 0 bridgehead atoms. The minimum Gasteiger partial charge on any atom is -0.396 e. The highest BCUT2D eigenvalue weighted by molar-refractivity contribution is 7.91. The number of aliphatic hydroxyl groups excluding tert-OH is 2. The molecule has 2 N–H and O–H groups in total. The average Bonchev–Trinajstić information content (AvgIpc) is 2.86. The number of hydrogen-bond donors (Lipinski definition) is 2. The van der Waals surface area contributed by atoms with Crippen molar-refractivity contribution in [3.8, 4) is 0 Å². The van der Waals surface area contributed by atoms with Crippen molar-refractivity contribution in [2.45, 2.75) is 13.0 Å². The Kier molecular flexibility index (Phi) is 5.37. The third-order valence-electron chi connectivity index (χ3n) is 4.23. The van der Waals surface area contributed by atoms with Gasteiger partial charge in [-0.05, 0) is 17.9 Å². The predicted octanol–water partition coefficient (Wildman–Crippen LogP) is 0.609. The van der Waals surface area contributed by atoms with E-state index in [4.69, 9.17) is 4.74 Å². The summed E-state index contributed by atoms with van der Waals surface area (Å²) in [5.41, 5.74) is 0.111. The number of rotatable bonds is 7. The van der Waals surface area contributed by atoms with Crippen LogP contribution in [0.25, 0.3) is 0 Å². The average molecular weight is 314 g/mol. The van der Waals surface area contributed by atoms with Gasteiger partial charge in [-0.1, -0.05) is 30.3 Å². The van der Waals surface area contributed by atoms with Gasteiger partial charge in [0.2, 0.25) is 0 Å². The molecule has 1 heterocycles. The van der Waals surface area contributed by atoms with Gasteiger partial charge >= 0.3 is 0 Å². The summed E-state index contributed by atoms with van der Waals surface area (Å²) in [5, 5.41) is 19.3. The van der Waals surface area contributed by atoms with Crippen LogP contribution in [-0.2, 0) is 21.2 Å². The SMILES string of the molecule is O=S1(=O)CCC(C(CO)(CO)COCc2ccccc2)C1. The first kappa shape index (κ1) is 16.4. The van der Waals surface area contributed by atoms with Crippen molar-refractivity contribution in [1.29, 1.82) is 0 Å². The summed E-state index contributed by atoms with van der Waals surface area (Å²) in [4.78, 5) is 0. The van der Waals surface area contributed by atoms with Crippen LogP contribution in [0.4, 0.5) is 0 Å². The molecule has 1 atom stereocenters.